The number of nitro groups is 1. The predicted octanol–water partition coefficient (Wildman–Crippen LogP) is 2.16. The van der Waals surface area contributed by atoms with Gasteiger partial charge in [-0.1, -0.05) is 0 Å². The molecule has 7 nitrogen and oxygen atoms in total. The topological polar surface area (TPSA) is 106 Å². The summed E-state index contributed by atoms with van der Waals surface area (Å²) in [6, 6.07) is 7.97. The highest BCUT2D eigenvalue weighted by Gasteiger charge is 2.10. The van der Waals surface area contributed by atoms with Crippen molar-refractivity contribution in [2.24, 2.45) is 5.84 Å². The molecule has 8 heteroatoms. The Morgan fingerprint density at radius 1 is 1.21 bits per heavy atom. The van der Waals surface area contributed by atoms with Crippen LogP contribution in [-0.2, 0) is 0 Å². The van der Waals surface area contributed by atoms with Crippen LogP contribution >= 0.6 is 0 Å². The van der Waals surface area contributed by atoms with Gasteiger partial charge in [0.2, 0.25) is 0 Å². The molecule has 0 fully saturated rings. The normalized spacial score (nSPS) is 10.0. The number of nitrogens with one attached hydrogen (secondary N) is 2. The minimum absolute atomic E-state index is 0.152. The van der Waals surface area contributed by atoms with E-state index >= 15 is 0 Å². The van der Waals surface area contributed by atoms with Gasteiger partial charge in [0, 0.05) is 5.69 Å². The van der Waals surface area contributed by atoms with Gasteiger partial charge in [-0.05, 0) is 24.3 Å². The quantitative estimate of drug-likeness (QED) is 0.443. The van der Waals surface area contributed by atoms with Crippen LogP contribution in [0, 0.1) is 15.9 Å². The number of hydrogen-bond donors (Lipinski definition) is 3. The van der Waals surface area contributed by atoms with E-state index in [0.29, 0.717) is 5.69 Å². The molecule has 4 N–H and O–H groups in total. The maximum atomic E-state index is 12.8. The van der Waals surface area contributed by atoms with Crippen LogP contribution in [0.2, 0.25) is 0 Å². The zero-order valence-electron chi connectivity index (χ0n) is 9.63. The average Bonchev–Trinajstić information content (AvgIpc) is 2.41. The molecule has 0 saturated carbocycles. The van der Waals surface area contributed by atoms with Gasteiger partial charge in [0.15, 0.2) is 0 Å². The van der Waals surface area contributed by atoms with E-state index in [-0.39, 0.29) is 23.1 Å². The fourth-order valence-electron chi connectivity index (χ4n) is 1.44. The number of nitrogens with zero attached hydrogens (tertiary/aromatic N) is 2. The predicted molar refractivity (Wildman–Crippen MR) is 68.4 cm³/mol. The zero-order chi connectivity index (χ0) is 13.8. The number of halogens is 1. The highest BCUT2D eigenvalue weighted by atomic mass is 19.1. The number of nitrogens with two attached hydrogens (primary N) is 1. The van der Waals surface area contributed by atoms with Gasteiger partial charge in [0.05, 0.1) is 17.1 Å². The Morgan fingerprint density at radius 3 is 2.42 bits per heavy atom. The molecule has 0 radical (unpaired) electrons. The molecule has 0 spiro atoms. The molecular weight excluding hydrogens is 253 g/mol. The molecule has 0 bridgehead atoms. The number of nitrogen functional groups attached to an aromatic ring is 1. The lowest BCUT2D eigenvalue weighted by molar-refractivity contribution is -0.384. The summed E-state index contributed by atoms with van der Waals surface area (Å²) in [5.41, 5.74) is 2.64. The first-order chi connectivity index (χ1) is 9.08. The van der Waals surface area contributed by atoms with E-state index < -0.39 is 4.92 Å². The molecule has 2 rings (SSSR count). The van der Waals surface area contributed by atoms with E-state index in [4.69, 9.17) is 5.84 Å². The van der Waals surface area contributed by atoms with E-state index in [1.54, 1.807) is 0 Å². The fraction of sp³-hybridized carbons (Fsp3) is 0. The Hall–Kier alpha value is -2.74. The molecule has 19 heavy (non-hydrogen) atoms. The number of hydrogen-bond acceptors (Lipinski definition) is 6. The Bertz CT molecular complexity index is 603. The smallest absolute Gasteiger partial charge is 0.276 e. The Kier molecular flexibility index (Phi) is 3.53. The van der Waals surface area contributed by atoms with Crippen LogP contribution in [0.25, 0.3) is 0 Å². The Labute approximate surface area is 107 Å². The van der Waals surface area contributed by atoms with Crippen molar-refractivity contribution in [1.29, 1.82) is 0 Å². The van der Waals surface area contributed by atoms with Crippen LogP contribution in [-0.4, -0.2) is 9.91 Å². The number of pyridine rings is 1. The van der Waals surface area contributed by atoms with Crippen molar-refractivity contribution in [2.75, 3.05) is 10.7 Å². The summed E-state index contributed by atoms with van der Waals surface area (Å²) >= 11 is 0. The summed E-state index contributed by atoms with van der Waals surface area (Å²) in [6.07, 6.45) is 0. The van der Waals surface area contributed by atoms with E-state index in [1.807, 2.05) is 0 Å². The monoisotopic (exact) mass is 263 g/mol. The highest BCUT2D eigenvalue weighted by molar-refractivity contribution is 5.61. The Morgan fingerprint density at radius 2 is 1.84 bits per heavy atom. The maximum Gasteiger partial charge on any atom is 0.276 e. The van der Waals surface area contributed by atoms with Crippen LogP contribution < -0.4 is 16.6 Å². The molecule has 0 amide bonds. The zero-order valence-corrected chi connectivity index (χ0v) is 9.63. The first kappa shape index (κ1) is 12.7. The molecule has 0 aliphatic heterocycles. The van der Waals surface area contributed by atoms with Crippen LogP contribution in [0.3, 0.4) is 0 Å². The third kappa shape index (κ3) is 3.13. The molecule has 98 valence electrons. The minimum Gasteiger partial charge on any atom is -0.340 e. The lowest BCUT2D eigenvalue weighted by atomic mass is 10.3. The molecule has 0 aliphatic rings. The van der Waals surface area contributed by atoms with E-state index in [2.05, 4.69) is 15.7 Å². The summed E-state index contributed by atoms with van der Waals surface area (Å²) in [5, 5.41) is 13.6. The van der Waals surface area contributed by atoms with Crippen LogP contribution in [0.4, 0.5) is 27.4 Å². The summed E-state index contributed by atoms with van der Waals surface area (Å²) in [6.45, 7) is 0. The lowest BCUT2D eigenvalue weighted by Gasteiger charge is -2.07. The van der Waals surface area contributed by atoms with Crippen molar-refractivity contribution < 1.29 is 9.31 Å². The SMILES string of the molecule is NNc1cc([N+](=O)[O-])cc(Nc2ccc(F)cc2)n1. The van der Waals surface area contributed by atoms with Crippen LogP contribution in [0.15, 0.2) is 36.4 Å². The van der Waals surface area contributed by atoms with Crippen molar-refractivity contribution in [1.82, 2.24) is 4.98 Å². The molecule has 1 aromatic carbocycles. The Balaban J connectivity index is 2.31. The highest BCUT2D eigenvalue weighted by Crippen LogP contribution is 2.23. The van der Waals surface area contributed by atoms with Gasteiger partial charge in [0.25, 0.3) is 5.69 Å². The van der Waals surface area contributed by atoms with E-state index in [0.717, 1.165) is 0 Å². The van der Waals surface area contributed by atoms with Gasteiger partial charge in [-0.3, -0.25) is 10.1 Å². The molecule has 2 aromatic rings. The standard InChI is InChI=1S/C11H10FN5O2/c12-7-1-3-8(4-2-7)14-10-5-9(17(18)19)6-11(15-10)16-13/h1-6H,13H2,(H2,14,15,16). The number of anilines is 3. The van der Waals surface area contributed by atoms with Gasteiger partial charge in [-0.2, -0.15) is 0 Å². The number of aromatic nitrogens is 1. The van der Waals surface area contributed by atoms with Gasteiger partial charge in [-0.25, -0.2) is 15.2 Å². The molecule has 0 unspecified atom stereocenters. The first-order valence-electron chi connectivity index (χ1n) is 5.24. The number of benzene rings is 1. The van der Waals surface area contributed by atoms with Crippen molar-refractivity contribution in [3.63, 3.8) is 0 Å². The molecular formula is C11H10FN5O2. The number of hydrazine groups is 1. The van der Waals surface area contributed by atoms with Crippen molar-refractivity contribution >= 4 is 23.0 Å². The molecule has 0 saturated heterocycles. The maximum absolute atomic E-state index is 12.8. The van der Waals surface area contributed by atoms with Crippen LogP contribution in [0.5, 0.6) is 0 Å². The van der Waals surface area contributed by atoms with Crippen LogP contribution in [0.1, 0.15) is 0 Å². The summed E-state index contributed by atoms with van der Waals surface area (Å²) in [7, 11) is 0. The number of rotatable bonds is 4. The minimum atomic E-state index is -0.557. The first-order valence-corrected chi connectivity index (χ1v) is 5.24. The largest absolute Gasteiger partial charge is 0.340 e. The van der Waals surface area contributed by atoms with Gasteiger partial charge >= 0.3 is 0 Å². The molecule has 0 atom stereocenters. The van der Waals surface area contributed by atoms with Gasteiger partial charge < -0.3 is 10.7 Å². The van der Waals surface area contributed by atoms with Crippen molar-refractivity contribution in [3.05, 3.63) is 52.3 Å². The summed E-state index contributed by atoms with van der Waals surface area (Å²) in [5.74, 6) is 5.20. The molecule has 0 aliphatic carbocycles. The summed E-state index contributed by atoms with van der Waals surface area (Å²) < 4.78 is 12.8. The third-order valence-electron chi connectivity index (χ3n) is 2.29. The second-order valence-corrected chi connectivity index (χ2v) is 3.63. The summed E-state index contributed by atoms with van der Waals surface area (Å²) in [4.78, 5) is 14.2. The fourth-order valence-corrected chi connectivity index (χ4v) is 1.44. The van der Waals surface area contributed by atoms with Gasteiger partial charge in [-0.15, -0.1) is 0 Å². The molecule has 1 aromatic heterocycles. The molecule has 1 heterocycles. The van der Waals surface area contributed by atoms with E-state index in [1.165, 1.54) is 36.4 Å². The average molecular weight is 263 g/mol. The van der Waals surface area contributed by atoms with Crippen molar-refractivity contribution in [2.45, 2.75) is 0 Å². The van der Waals surface area contributed by atoms with Crippen molar-refractivity contribution in [3.8, 4) is 0 Å². The second-order valence-electron chi connectivity index (χ2n) is 3.63. The third-order valence-corrected chi connectivity index (χ3v) is 2.29. The lowest BCUT2D eigenvalue weighted by Crippen LogP contribution is -2.10. The second kappa shape index (κ2) is 5.27. The van der Waals surface area contributed by atoms with E-state index in [9.17, 15) is 14.5 Å². The van der Waals surface area contributed by atoms with Gasteiger partial charge in [0.1, 0.15) is 17.5 Å².